The van der Waals surface area contributed by atoms with Crippen molar-refractivity contribution >= 4 is 50.0 Å². The van der Waals surface area contributed by atoms with E-state index in [0.717, 1.165) is 23.3 Å². The number of nitrogens with zero attached hydrogens (tertiary/aromatic N) is 2. The van der Waals surface area contributed by atoms with Crippen molar-refractivity contribution in [3.8, 4) is 0 Å². The summed E-state index contributed by atoms with van der Waals surface area (Å²) < 4.78 is 68.7. The minimum absolute atomic E-state index is 0.0196. The monoisotopic (exact) mass is 506 g/mol. The van der Waals surface area contributed by atoms with Crippen molar-refractivity contribution in [2.24, 2.45) is 0 Å². The zero-order valence-corrected chi connectivity index (χ0v) is 19.5. The van der Waals surface area contributed by atoms with Crippen LogP contribution in [0.25, 0.3) is 11.0 Å². The summed E-state index contributed by atoms with van der Waals surface area (Å²) in [4.78, 5) is 7.94. The van der Waals surface area contributed by atoms with Gasteiger partial charge in [0, 0.05) is 10.7 Å². The van der Waals surface area contributed by atoms with Crippen LogP contribution in [-0.2, 0) is 16.2 Å². The number of rotatable bonds is 5. The van der Waals surface area contributed by atoms with Crippen molar-refractivity contribution in [1.82, 2.24) is 9.97 Å². The Balaban J connectivity index is 1.85. The Hall–Kier alpha value is -3.37. The number of hydrogen-bond acceptors (Lipinski definition) is 5. The van der Waals surface area contributed by atoms with Gasteiger partial charge in [0.05, 0.1) is 21.5 Å². The van der Waals surface area contributed by atoms with Gasteiger partial charge in [0.2, 0.25) is 0 Å². The van der Waals surface area contributed by atoms with E-state index in [1.807, 2.05) is 13.8 Å². The highest BCUT2D eigenvalue weighted by molar-refractivity contribution is 7.92. The van der Waals surface area contributed by atoms with Gasteiger partial charge in [-0.15, -0.1) is 0 Å². The van der Waals surface area contributed by atoms with E-state index in [4.69, 9.17) is 11.6 Å². The van der Waals surface area contributed by atoms with Gasteiger partial charge in [0.25, 0.3) is 10.0 Å². The molecule has 0 saturated carbocycles. The molecule has 11 heteroatoms. The first-order chi connectivity index (χ1) is 15.9. The molecule has 0 saturated heterocycles. The molecule has 4 aromatic rings. The van der Waals surface area contributed by atoms with Crippen molar-refractivity contribution in [2.45, 2.75) is 24.9 Å². The van der Waals surface area contributed by atoms with E-state index in [-0.39, 0.29) is 11.6 Å². The third-order valence-corrected chi connectivity index (χ3v) is 6.75. The molecule has 0 aliphatic carbocycles. The fourth-order valence-electron chi connectivity index (χ4n) is 3.26. The second-order valence-corrected chi connectivity index (χ2v) is 9.66. The number of halogens is 4. The van der Waals surface area contributed by atoms with Crippen LogP contribution in [0.5, 0.6) is 0 Å². The second-order valence-electron chi connectivity index (χ2n) is 7.58. The number of fused-ring (bicyclic) bond motifs is 1. The van der Waals surface area contributed by atoms with Gasteiger partial charge in [-0.2, -0.15) is 13.2 Å². The number of aryl methyl sites for hydroxylation is 2. The standard InChI is InChI=1S/C23H18ClF3N4O2S/c1-13-11-18-19(12-14(13)2)30-22(21(29-18)28-16-9-7-15(24)8-10-16)31-34(32,33)20-6-4-3-5-17(20)23(25,26)27/h3-12H,1-2H3,(H,28,29)(H,30,31). The molecule has 176 valence electrons. The Labute approximate surface area is 198 Å². The Bertz CT molecular complexity index is 1490. The summed E-state index contributed by atoms with van der Waals surface area (Å²) in [6.45, 7) is 3.76. The van der Waals surface area contributed by atoms with Gasteiger partial charge in [0.15, 0.2) is 11.6 Å². The van der Waals surface area contributed by atoms with Crippen LogP contribution >= 0.6 is 11.6 Å². The molecule has 4 rings (SSSR count). The van der Waals surface area contributed by atoms with Crippen LogP contribution in [0.1, 0.15) is 16.7 Å². The molecular formula is C23H18ClF3N4O2S. The van der Waals surface area contributed by atoms with Crippen LogP contribution in [0.2, 0.25) is 5.02 Å². The highest BCUT2D eigenvalue weighted by Crippen LogP contribution is 2.35. The van der Waals surface area contributed by atoms with Crippen LogP contribution in [0.15, 0.2) is 65.6 Å². The van der Waals surface area contributed by atoms with Crippen LogP contribution in [0.4, 0.5) is 30.5 Å². The van der Waals surface area contributed by atoms with E-state index in [0.29, 0.717) is 27.8 Å². The molecule has 0 amide bonds. The summed E-state index contributed by atoms with van der Waals surface area (Å²) in [5.41, 5.74) is 1.96. The third kappa shape index (κ3) is 4.92. The van der Waals surface area contributed by atoms with Crippen molar-refractivity contribution in [3.05, 3.63) is 82.4 Å². The highest BCUT2D eigenvalue weighted by Gasteiger charge is 2.37. The predicted molar refractivity (Wildman–Crippen MR) is 126 cm³/mol. The molecule has 1 aromatic heterocycles. The summed E-state index contributed by atoms with van der Waals surface area (Å²) in [7, 11) is -4.67. The molecule has 0 aliphatic rings. The largest absolute Gasteiger partial charge is 0.417 e. The maximum atomic E-state index is 13.5. The number of benzene rings is 3. The molecule has 34 heavy (non-hydrogen) atoms. The lowest BCUT2D eigenvalue weighted by molar-refractivity contribution is -0.139. The number of alkyl halides is 3. The lowest BCUT2D eigenvalue weighted by atomic mass is 10.1. The van der Waals surface area contributed by atoms with Gasteiger partial charge < -0.3 is 5.32 Å². The molecule has 2 N–H and O–H groups in total. The number of anilines is 3. The molecule has 3 aromatic carbocycles. The molecule has 0 atom stereocenters. The predicted octanol–water partition coefficient (Wildman–Crippen LogP) is 6.46. The van der Waals surface area contributed by atoms with Crippen molar-refractivity contribution in [2.75, 3.05) is 10.0 Å². The summed E-state index contributed by atoms with van der Waals surface area (Å²) in [5, 5.41) is 3.46. The molecule has 0 fully saturated rings. The number of nitrogens with one attached hydrogen (secondary N) is 2. The van der Waals surface area contributed by atoms with Gasteiger partial charge in [-0.05, 0) is 73.5 Å². The molecule has 0 aliphatic heterocycles. The van der Waals surface area contributed by atoms with Gasteiger partial charge in [-0.25, -0.2) is 18.4 Å². The minimum atomic E-state index is -4.86. The number of aromatic nitrogens is 2. The van der Waals surface area contributed by atoms with Crippen molar-refractivity contribution in [3.63, 3.8) is 0 Å². The highest BCUT2D eigenvalue weighted by atomic mass is 35.5. The third-order valence-electron chi connectivity index (χ3n) is 5.10. The molecular weight excluding hydrogens is 489 g/mol. The molecule has 6 nitrogen and oxygen atoms in total. The lowest BCUT2D eigenvalue weighted by Gasteiger charge is -2.17. The molecule has 0 bridgehead atoms. The zero-order chi connectivity index (χ0) is 24.7. The molecule has 0 unspecified atom stereocenters. The summed E-state index contributed by atoms with van der Waals surface area (Å²) in [5.74, 6) is -0.228. The second kappa shape index (κ2) is 8.77. The van der Waals surface area contributed by atoms with Crippen LogP contribution in [-0.4, -0.2) is 18.4 Å². The zero-order valence-electron chi connectivity index (χ0n) is 17.9. The quantitative estimate of drug-likeness (QED) is 0.324. The summed E-state index contributed by atoms with van der Waals surface area (Å²) in [6, 6.07) is 14.0. The average Bonchev–Trinajstić information content (AvgIpc) is 2.76. The summed E-state index contributed by atoms with van der Waals surface area (Å²) in [6.07, 6.45) is -4.86. The minimum Gasteiger partial charge on any atom is -0.337 e. The van der Waals surface area contributed by atoms with Crippen molar-refractivity contribution < 1.29 is 21.6 Å². The first kappa shape index (κ1) is 23.8. The fraction of sp³-hybridized carbons (Fsp3) is 0.130. The van der Waals surface area contributed by atoms with E-state index in [9.17, 15) is 21.6 Å². The van der Waals surface area contributed by atoms with Crippen LogP contribution in [0, 0.1) is 13.8 Å². The topological polar surface area (TPSA) is 84.0 Å². The first-order valence-corrected chi connectivity index (χ1v) is 11.8. The maximum Gasteiger partial charge on any atom is 0.417 e. The number of sulfonamides is 1. The Morgan fingerprint density at radius 3 is 2.00 bits per heavy atom. The molecule has 0 radical (unpaired) electrons. The smallest absolute Gasteiger partial charge is 0.337 e. The van der Waals surface area contributed by atoms with Gasteiger partial charge >= 0.3 is 6.18 Å². The van der Waals surface area contributed by atoms with Crippen LogP contribution in [0.3, 0.4) is 0 Å². The van der Waals surface area contributed by atoms with Gasteiger partial charge in [0.1, 0.15) is 0 Å². The Morgan fingerprint density at radius 1 is 0.853 bits per heavy atom. The van der Waals surface area contributed by atoms with E-state index >= 15 is 0 Å². The van der Waals surface area contributed by atoms with Gasteiger partial charge in [-0.1, -0.05) is 23.7 Å². The van der Waals surface area contributed by atoms with Gasteiger partial charge in [-0.3, -0.25) is 4.72 Å². The van der Waals surface area contributed by atoms with Crippen molar-refractivity contribution in [1.29, 1.82) is 0 Å². The maximum absolute atomic E-state index is 13.5. The molecule has 1 heterocycles. The Kier molecular flexibility index (Phi) is 6.13. The lowest BCUT2D eigenvalue weighted by Crippen LogP contribution is -2.20. The summed E-state index contributed by atoms with van der Waals surface area (Å²) >= 11 is 5.92. The SMILES string of the molecule is Cc1cc2nc(Nc3ccc(Cl)cc3)c(NS(=O)(=O)c3ccccc3C(F)(F)F)nc2cc1C. The Morgan fingerprint density at radius 2 is 1.41 bits per heavy atom. The van der Waals surface area contributed by atoms with E-state index in [1.54, 1.807) is 36.4 Å². The number of hydrogen-bond donors (Lipinski definition) is 2. The van der Waals surface area contributed by atoms with E-state index in [1.165, 1.54) is 6.07 Å². The average molecular weight is 507 g/mol. The normalized spacial score (nSPS) is 12.1. The van der Waals surface area contributed by atoms with E-state index < -0.39 is 26.7 Å². The van der Waals surface area contributed by atoms with Crippen LogP contribution < -0.4 is 10.0 Å². The fourth-order valence-corrected chi connectivity index (χ4v) is 4.62. The molecule has 0 spiro atoms. The van der Waals surface area contributed by atoms with E-state index in [2.05, 4.69) is 20.0 Å². The first-order valence-electron chi connectivity index (χ1n) is 9.95.